The zero-order valence-electron chi connectivity index (χ0n) is 17.9. The van der Waals surface area contributed by atoms with Crippen LogP contribution < -0.4 is 5.32 Å². The highest BCUT2D eigenvalue weighted by Crippen LogP contribution is 2.35. The minimum absolute atomic E-state index is 0.0717. The number of nitrogens with one attached hydrogen (secondary N) is 1. The molecule has 30 heavy (non-hydrogen) atoms. The lowest BCUT2D eigenvalue weighted by Crippen LogP contribution is -2.21. The molecule has 0 bridgehead atoms. The van der Waals surface area contributed by atoms with Crippen molar-refractivity contribution in [3.05, 3.63) is 59.7 Å². The minimum atomic E-state index is -0.682. The molecule has 0 aromatic heterocycles. The number of ketones is 1. The van der Waals surface area contributed by atoms with Crippen molar-refractivity contribution in [2.24, 2.45) is 5.92 Å². The van der Waals surface area contributed by atoms with Crippen molar-refractivity contribution in [2.75, 3.05) is 6.54 Å². The monoisotopic (exact) mass is 413 g/mol. The van der Waals surface area contributed by atoms with Crippen LogP contribution in [0.15, 0.2) is 54.1 Å². The third-order valence-corrected chi connectivity index (χ3v) is 5.55. The van der Waals surface area contributed by atoms with E-state index in [1.165, 1.54) is 0 Å². The van der Waals surface area contributed by atoms with E-state index in [1.807, 2.05) is 55.5 Å². The van der Waals surface area contributed by atoms with Crippen LogP contribution in [0, 0.1) is 5.92 Å². The van der Waals surface area contributed by atoms with E-state index in [2.05, 4.69) is 5.32 Å². The largest absolute Gasteiger partial charge is 0.392 e. The fourth-order valence-electron chi connectivity index (χ4n) is 3.87. The normalized spacial score (nSPS) is 22.6. The first-order valence-electron chi connectivity index (χ1n) is 11.0. The summed E-state index contributed by atoms with van der Waals surface area (Å²) in [5.74, 6) is 0.0588. The molecule has 3 atom stereocenters. The van der Waals surface area contributed by atoms with E-state index in [0.717, 1.165) is 30.4 Å². The number of unbranched alkanes of at least 4 members (excludes halogenated alkanes) is 1. The Morgan fingerprint density at radius 3 is 2.63 bits per heavy atom. The minimum Gasteiger partial charge on any atom is -0.392 e. The Morgan fingerprint density at radius 2 is 1.90 bits per heavy atom. The molecule has 1 amide bonds. The van der Waals surface area contributed by atoms with Gasteiger partial charge in [0.2, 0.25) is 5.91 Å². The van der Waals surface area contributed by atoms with E-state index in [-0.39, 0.29) is 17.6 Å². The highest BCUT2D eigenvalue weighted by atomic mass is 16.3. The molecule has 1 aromatic carbocycles. The zero-order chi connectivity index (χ0) is 21.8. The summed E-state index contributed by atoms with van der Waals surface area (Å²) in [7, 11) is 0. The SMILES string of the molecule is CCNC(=O)CCCC=CC[C@@H]1C(=CCC(=O)CCc2ccccc2)[C@H](O)C[C@@H]1O. The molecule has 0 saturated heterocycles. The molecule has 3 N–H and O–H groups in total. The van der Waals surface area contributed by atoms with E-state index in [1.54, 1.807) is 0 Å². The van der Waals surface area contributed by atoms with Crippen LogP contribution in [-0.2, 0) is 16.0 Å². The maximum Gasteiger partial charge on any atom is 0.219 e. The number of aliphatic hydroxyl groups is 2. The summed E-state index contributed by atoms with van der Waals surface area (Å²) in [6, 6.07) is 9.93. The number of aliphatic hydroxyl groups excluding tert-OH is 2. The van der Waals surface area contributed by atoms with Crippen LogP contribution in [-0.4, -0.2) is 40.7 Å². The lowest BCUT2D eigenvalue weighted by molar-refractivity contribution is -0.121. The maximum absolute atomic E-state index is 12.3. The predicted octanol–water partition coefficient (Wildman–Crippen LogP) is 3.50. The maximum atomic E-state index is 12.3. The van der Waals surface area contributed by atoms with Crippen molar-refractivity contribution in [3.63, 3.8) is 0 Å². The number of rotatable bonds is 12. The van der Waals surface area contributed by atoms with E-state index < -0.39 is 12.2 Å². The van der Waals surface area contributed by atoms with E-state index >= 15 is 0 Å². The van der Waals surface area contributed by atoms with Gasteiger partial charge in [0.25, 0.3) is 0 Å². The van der Waals surface area contributed by atoms with Gasteiger partial charge in [-0.05, 0) is 43.7 Å². The number of hydrogen-bond donors (Lipinski definition) is 3. The molecule has 5 heteroatoms. The topological polar surface area (TPSA) is 86.6 Å². The quantitative estimate of drug-likeness (QED) is 0.362. The Labute approximate surface area is 179 Å². The zero-order valence-corrected chi connectivity index (χ0v) is 17.9. The third-order valence-electron chi connectivity index (χ3n) is 5.55. The van der Waals surface area contributed by atoms with E-state index in [0.29, 0.717) is 38.6 Å². The first kappa shape index (κ1) is 24.0. The average Bonchev–Trinajstić information content (AvgIpc) is 3.00. The Kier molecular flexibility index (Phi) is 10.5. The smallest absolute Gasteiger partial charge is 0.219 e. The van der Waals surface area contributed by atoms with E-state index in [4.69, 9.17) is 0 Å². The molecule has 0 heterocycles. The summed E-state index contributed by atoms with van der Waals surface area (Å²) < 4.78 is 0. The summed E-state index contributed by atoms with van der Waals surface area (Å²) in [5, 5.41) is 23.4. The molecule has 0 unspecified atom stereocenters. The molecule has 1 aliphatic carbocycles. The van der Waals surface area contributed by atoms with Gasteiger partial charge in [-0.1, -0.05) is 48.6 Å². The van der Waals surface area contributed by atoms with Crippen LogP contribution in [0.5, 0.6) is 0 Å². The van der Waals surface area contributed by atoms with Crippen molar-refractivity contribution in [3.8, 4) is 0 Å². The molecule has 1 saturated carbocycles. The standard InChI is InChI=1S/C25H35NO4/c1-2-26-25(30)13-9-4-3-8-12-21-22(24(29)18-23(21)28)17-16-20(27)15-14-19-10-6-5-7-11-19/h3,5-8,10-11,17,21,23-24,28-29H,2,4,9,12-16,18H2,1H3,(H,26,30)/t21-,23+,24-/m1/s1. The number of benzene rings is 1. The van der Waals surface area contributed by atoms with Crippen molar-refractivity contribution in [1.29, 1.82) is 0 Å². The second-order valence-corrected chi connectivity index (χ2v) is 7.91. The Morgan fingerprint density at radius 1 is 1.13 bits per heavy atom. The predicted molar refractivity (Wildman–Crippen MR) is 119 cm³/mol. The Balaban J connectivity index is 1.79. The van der Waals surface area contributed by atoms with Gasteiger partial charge in [0.05, 0.1) is 12.2 Å². The molecule has 5 nitrogen and oxygen atoms in total. The van der Waals surface area contributed by atoms with Crippen molar-refractivity contribution in [2.45, 2.75) is 70.5 Å². The second kappa shape index (κ2) is 13.1. The summed E-state index contributed by atoms with van der Waals surface area (Å²) >= 11 is 0. The molecule has 0 aliphatic heterocycles. The first-order chi connectivity index (χ1) is 14.5. The van der Waals surface area contributed by atoms with Gasteiger partial charge in [-0.3, -0.25) is 9.59 Å². The molecule has 1 aliphatic rings. The van der Waals surface area contributed by atoms with Gasteiger partial charge in [0.15, 0.2) is 0 Å². The van der Waals surface area contributed by atoms with Gasteiger partial charge in [0.1, 0.15) is 5.78 Å². The number of carbonyl (C=O) groups is 2. The van der Waals surface area contributed by atoms with Crippen LogP contribution in [0.1, 0.15) is 57.4 Å². The third kappa shape index (κ3) is 8.25. The van der Waals surface area contributed by atoms with Gasteiger partial charge in [-0.25, -0.2) is 0 Å². The van der Waals surface area contributed by atoms with Crippen LogP contribution in [0.25, 0.3) is 0 Å². The summed E-state index contributed by atoms with van der Waals surface area (Å²) in [4.78, 5) is 23.7. The lowest BCUT2D eigenvalue weighted by atomic mass is 9.94. The summed E-state index contributed by atoms with van der Waals surface area (Å²) in [6.45, 7) is 2.56. The van der Waals surface area contributed by atoms with Gasteiger partial charge < -0.3 is 15.5 Å². The van der Waals surface area contributed by atoms with Gasteiger partial charge >= 0.3 is 0 Å². The molecule has 0 radical (unpaired) electrons. The van der Waals surface area contributed by atoms with Crippen molar-refractivity contribution in [1.82, 2.24) is 5.32 Å². The van der Waals surface area contributed by atoms with Crippen LogP contribution >= 0.6 is 0 Å². The summed E-state index contributed by atoms with van der Waals surface area (Å²) in [6.07, 6.45) is 9.12. The van der Waals surface area contributed by atoms with Gasteiger partial charge in [0, 0.05) is 38.1 Å². The molecule has 1 aromatic rings. The fourth-order valence-corrected chi connectivity index (χ4v) is 3.87. The van der Waals surface area contributed by atoms with E-state index in [9.17, 15) is 19.8 Å². The number of aryl methyl sites for hydroxylation is 1. The number of allylic oxidation sites excluding steroid dienone is 3. The first-order valence-corrected chi connectivity index (χ1v) is 11.0. The molecule has 2 rings (SSSR count). The second-order valence-electron chi connectivity index (χ2n) is 7.91. The highest BCUT2D eigenvalue weighted by molar-refractivity contribution is 5.80. The lowest BCUT2D eigenvalue weighted by Gasteiger charge is -2.14. The molecule has 1 fully saturated rings. The average molecular weight is 414 g/mol. The highest BCUT2D eigenvalue weighted by Gasteiger charge is 2.35. The van der Waals surface area contributed by atoms with Crippen molar-refractivity contribution < 1.29 is 19.8 Å². The number of amides is 1. The van der Waals surface area contributed by atoms with Crippen LogP contribution in [0.3, 0.4) is 0 Å². The number of Topliss-reactive ketones (excluding diaryl/α,β-unsaturated/α-hetero) is 1. The Hall–Kier alpha value is -2.24. The number of carbonyl (C=O) groups excluding carboxylic acids is 2. The molecule has 0 spiro atoms. The molecule has 164 valence electrons. The van der Waals surface area contributed by atoms with Gasteiger partial charge in [-0.15, -0.1) is 0 Å². The fraction of sp³-hybridized carbons (Fsp3) is 0.520. The Bertz CT molecular complexity index is 726. The molecular formula is C25H35NO4. The molecular weight excluding hydrogens is 378 g/mol. The van der Waals surface area contributed by atoms with Crippen LogP contribution in [0.4, 0.5) is 0 Å². The van der Waals surface area contributed by atoms with Crippen LogP contribution in [0.2, 0.25) is 0 Å². The summed E-state index contributed by atoms with van der Waals surface area (Å²) in [5.41, 5.74) is 1.92. The van der Waals surface area contributed by atoms with Crippen molar-refractivity contribution >= 4 is 11.7 Å². The van der Waals surface area contributed by atoms with Gasteiger partial charge in [-0.2, -0.15) is 0 Å². The number of hydrogen-bond acceptors (Lipinski definition) is 4.